The van der Waals surface area contributed by atoms with Crippen molar-refractivity contribution in [3.63, 3.8) is 0 Å². The monoisotopic (exact) mass is 253 g/mol. The first kappa shape index (κ1) is 12.5. The number of hydrazine groups is 1. The molecule has 0 atom stereocenters. The van der Waals surface area contributed by atoms with Crippen LogP contribution >= 0.6 is 0 Å². The van der Waals surface area contributed by atoms with E-state index in [4.69, 9.17) is 11.1 Å². The Morgan fingerprint density at radius 2 is 2.05 bits per heavy atom. The van der Waals surface area contributed by atoms with Gasteiger partial charge in [0.25, 0.3) is 5.91 Å². The number of nitrogens with one attached hydrogen (secondary N) is 2. The number of rotatable bonds is 3. The molecular formula is C13H11N5O. The maximum atomic E-state index is 11.9. The van der Waals surface area contributed by atoms with Gasteiger partial charge in [-0.3, -0.25) is 10.6 Å². The Hall–Kier alpha value is -2.91. The minimum absolute atomic E-state index is 0.242. The molecule has 1 heterocycles. The Bertz CT molecular complexity index is 630. The van der Waals surface area contributed by atoms with Crippen LogP contribution in [0.5, 0.6) is 0 Å². The molecule has 0 unspecified atom stereocenters. The summed E-state index contributed by atoms with van der Waals surface area (Å²) in [5.41, 5.74) is 4.13. The molecule has 6 heteroatoms. The predicted octanol–water partition coefficient (Wildman–Crippen LogP) is 1.49. The van der Waals surface area contributed by atoms with E-state index in [1.54, 1.807) is 36.4 Å². The second-order valence-electron chi connectivity index (χ2n) is 3.69. The van der Waals surface area contributed by atoms with E-state index in [1.165, 1.54) is 6.20 Å². The molecule has 0 saturated carbocycles. The number of carbonyl (C=O) groups is 1. The topological polar surface area (TPSA) is 104 Å². The number of nitrogens with zero attached hydrogens (tertiary/aromatic N) is 2. The van der Waals surface area contributed by atoms with Crippen molar-refractivity contribution in [2.75, 3.05) is 10.7 Å². The van der Waals surface area contributed by atoms with Crippen LogP contribution in [0, 0.1) is 11.3 Å². The van der Waals surface area contributed by atoms with Crippen LogP contribution in [0.4, 0.5) is 11.4 Å². The summed E-state index contributed by atoms with van der Waals surface area (Å²) in [6.45, 7) is 0. The van der Waals surface area contributed by atoms with Gasteiger partial charge in [0.1, 0.15) is 11.8 Å². The zero-order chi connectivity index (χ0) is 13.7. The highest BCUT2D eigenvalue weighted by atomic mass is 16.1. The minimum atomic E-state index is -0.383. The lowest BCUT2D eigenvalue weighted by Crippen LogP contribution is -2.15. The summed E-state index contributed by atoms with van der Waals surface area (Å²) in [4.78, 5) is 15.9. The fourth-order valence-corrected chi connectivity index (χ4v) is 1.49. The standard InChI is InChI=1S/C13H11N5O/c14-7-9-3-1-2-4-11(9)17-13(19)12-6-5-10(18-15)8-16-12/h1-6,8,18H,15H2,(H,17,19). The number of carbonyl (C=O) groups excluding carboxylic acids is 1. The molecule has 94 valence electrons. The van der Waals surface area contributed by atoms with Crippen LogP contribution in [0.2, 0.25) is 0 Å². The van der Waals surface area contributed by atoms with E-state index in [-0.39, 0.29) is 11.6 Å². The molecular weight excluding hydrogens is 242 g/mol. The number of hydrogen-bond acceptors (Lipinski definition) is 5. The van der Waals surface area contributed by atoms with Crippen molar-refractivity contribution in [3.05, 3.63) is 53.9 Å². The van der Waals surface area contributed by atoms with Crippen molar-refractivity contribution in [2.45, 2.75) is 0 Å². The molecule has 6 nitrogen and oxygen atoms in total. The van der Waals surface area contributed by atoms with Gasteiger partial charge < -0.3 is 10.7 Å². The first-order valence-electron chi connectivity index (χ1n) is 5.47. The number of nitrogen functional groups attached to an aromatic ring is 1. The second-order valence-corrected chi connectivity index (χ2v) is 3.69. The average molecular weight is 253 g/mol. The third-order valence-corrected chi connectivity index (χ3v) is 2.46. The van der Waals surface area contributed by atoms with Gasteiger partial charge in [0.05, 0.1) is 23.1 Å². The molecule has 0 radical (unpaired) electrons. The van der Waals surface area contributed by atoms with Crippen LogP contribution in [-0.2, 0) is 0 Å². The lowest BCUT2D eigenvalue weighted by atomic mass is 10.2. The first-order valence-corrected chi connectivity index (χ1v) is 5.47. The summed E-state index contributed by atoms with van der Waals surface area (Å²) in [5.74, 6) is 4.83. The van der Waals surface area contributed by atoms with Crippen LogP contribution in [0.25, 0.3) is 0 Å². The van der Waals surface area contributed by atoms with Crippen molar-refractivity contribution in [3.8, 4) is 6.07 Å². The van der Waals surface area contributed by atoms with Crippen molar-refractivity contribution < 1.29 is 4.79 Å². The first-order chi connectivity index (χ1) is 9.24. The number of aromatic nitrogens is 1. The lowest BCUT2D eigenvalue weighted by Gasteiger charge is -2.06. The Balaban J connectivity index is 2.18. The molecule has 0 fully saturated rings. The van der Waals surface area contributed by atoms with Crippen LogP contribution in [0.3, 0.4) is 0 Å². The molecule has 1 aromatic carbocycles. The summed E-state index contributed by atoms with van der Waals surface area (Å²) in [6, 6.07) is 11.9. The van der Waals surface area contributed by atoms with Gasteiger partial charge in [-0.25, -0.2) is 4.98 Å². The van der Waals surface area contributed by atoms with E-state index in [1.807, 2.05) is 6.07 Å². The SMILES string of the molecule is N#Cc1ccccc1NC(=O)c1ccc(NN)cn1. The number of hydrogen-bond donors (Lipinski definition) is 3. The Morgan fingerprint density at radius 3 is 2.68 bits per heavy atom. The van der Waals surface area contributed by atoms with Crippen molar-refractivity contribution in [1.82, 2.24) is 4.98 Å². The number of nitrogens with two attached hydrogens (primary N) is 1. The third-order valence-electron chi connectivity index (χ3n) is 2.46. The Kier molecular flexibility index (Phi) is 3.71. The van der Waals surface area contributed by atoms with E-state index in [2.05, 4.69) is 15.7 Å². The summed E-state index contributed by atoms with van der Waals surface area (Å²) < 4.78 is 0. The van der Waals surface area contributed by atoms with Crippen LogP contribution < -0.4 is 16.6 Å². The Labute approximate surface area is 109 Å². The molecule has 0 saturated heterocycles. The number of para-hydroxylation sites is 1. The molecule has 19 heavy (non-hydrogen) atoms. The van der Waals surface area contributed by atoms with Crippen LogP contribution in [0.1, 0.15) is 16.1 Å². The van der Waals surface area contributed by atoms with Gasteiger partial charge in [-0.15, -0.1) is 0 Å². The molecule has 0 aliphatic heterocycles. The second kappa shape index (κ2) is 5.62. The molecule has 0 aliphatic rings. The average Bonchev–Trinajstić information content (AvgIpc) is 2.48. The van der Waals surface area contributed by atoms with E-state index >= 15 is 0 Å². The van der Waals surface area contributed by atoms with Crippen molar-refractivity contribution >= 4 is 17.3 Å². The van der Waals surface area contributed by atoms with Crippen molar-refractivity contribution in [2.24, 2.45) is 5.84 Å². The summed E-state index contributed by atoms with van der Waals surface area (Å²) in [5, 5.41) is 11.6. The minimum Gasteiger partial charge on any atom is -0.323 e. The van der Waals surface area contributed by atoms with Gasteiger partial charge in [0.2, 0.25) is 0 Å². The highest BCUT2D eigenvalue weighted by Gasteiger charge is 2.09. The molecule has 0 bridgehead atoms. The van der Waals surface area contributed by atoms with Crippen LogP contribution in [-0.4, -0.2) is 10.9 Å². The van der Waals surface area contributed by atoms with Gasteiger partial charge in [-0.2, -0.15) is 5.26 Å². The maximum absolute atomic E-state index is 11.9. The summed E-state index contributed by atoms with van der Waals surface area (Å²) >= 11 is 0. The zero-order valence-electron chi connectivity index (χ0n) is 9.92. The maximum Gasteiger partial charge on any atom is 0.274 e. The fraction of sp³-hybridized carbons (Fsp3) is 0. The molecule has 0 spiro atoms. The Morgan fingerprint density at radius 1 is 1.26 bits per heavy atom. The van der Waals surface area contributed by atoms with Gasteiger partial charge in [0.15, 0.2) is 0 Å². The normalized spacial score (nSPS) is 9.47. The molecule has 4 N–H and O–H groups in total. The van der Waals surface area contributed by atoms with Gasteiger partial charge in [-0.05, 0) is 24.3 Å². The highest BCUT2D eigenvalue weighted by molar-refractivity contribution is 6.03. The molecule has 1 amide bonds. The number of pyridine rings is 1. The van der Waals surface area contributed by atoms with Gasteiger partial charge in [-0.1, -0.05) is 12.1 Å². The van der Waals surface area contributed by atoms with E-state index in [0.29, 0.717) is 16.9 Å². The van der Waals surface area contributed by atoms with Gasteiger partial charge in [0, 0.05) is 0 Å². The fourth-order valence-electron chi connectivity index (χ4n) is 1.49. The lowest BCUT2D eigenvalue weighted by molar-refractivity contribution is 0.102. The number of amides is 1. The molecule has 2 rings (SSSR count). The van der Waals surface area contributed by atoms with Crippen LogP contribution in [0.15, 0.2) is 42.6 Å². The number of nitriles is 1. The highest BCUT2D eigenvalue weighted by Crippen LogP contribution is 2.14. The quantitative estimate of drug-likeness (QED) is 0.568. The largest absolute Gasteiger partial charge is 0.323 e. The van der Waals surface area contributed by atoms with Crippen molar-refractivity contribution in [1.29, 1.82) is 5.26 Å². The summed E-state index contributed by atoms with van der Waals surface area (Å²) in [7, 11) is 0. The van der Waals surface area contributed by atoms with E-state index < -0.39 is 0 Å². The molecule has 2 aromatic rings. The predicted molar refractivity (Wildman–Crippen MR) is 71.2 cm³/mol. The molecule has 1 aromatic heterocycles. The number of anilines is 2. The smallest absolute Gasteiger partial charge is 0.274 e. The third kappa shape index (κ3) is 2.86. The number of benzene rings is 1. The molecule has 0 aliphatic carbocycles. The van der Waals surface area contributed by atoms with E-state index in [0.717, 1.165) is 0 Å². The zero-order valence-corrected chi connectivity index (χ0v) is 9.92. The summed E-state index contributed by atoms with van der Waals surface area (Å²) in [6.07, 6.45) is 1.45. The van der Waals surface area contributed by atoms with Gasteiger partial charge >= 0.3 is 0 Å². The van der Waals surface area contributed by atoms with E-state index in [9.17, 15) is 4.79 Å².